The molecule has 2 aliphatic rings. The predicted octanol–water partition coefficient (Wildman–Crippen LogP) is 1.96. The number of imidazole rings is 1. The Morgan fingerprint density at radius 2 is 2.37 bits per heavy atom. The van der Waals surface area contributed by atoms with Gasteiger partial charge < -0.3 is 14.4 Å². The van der Waals surface area contributed by atoms with Crippen molar-refractivity contribution >= 4 is 0 Å². The van der Waals surface area contributed by atoms with Crippen molar-refractivity contribution in [3.05, 3.63) is 18.2 Å². The number of aliphatic hydroxyl groups excluding tert-OH is 1. The van der Waals surface area contributed by atoms with E-state index in [4.69, 9.17) is 4.74 Å². The van der Waals surface area contributed by atoms with Crippen LogP contribution < -0.4 is 0 Å². The normalized spacial score (nSPS) is 34.7. The number of hydrogen-bond acceptors (Lipinski definition) is 4. The molecule has 4 atom stereocenters. The minimum absolute atomic E-state index is 0.134. The summed E-state index contributed by atoms with van der Waals surface area (Å²) in [4.78, 5) is 4.12. The summed E-state index contributed by atoms with van der Waals surface area (Å²) >= 11 is 0. The summed E-state index contributed by atoms with van der Waals surface area (Å²) in [6.07, 6.45) is 5.02. The zero-order valence-electron chi connectivity index (χ0n) is 11.3. The van der Waals surface area contributed by atoms with Gasteiger partial charge in [0.05, 0.1) is 36.5 Å². The van der Waals surface area contributed by atoms with Crippen molar-refractivity contribution in [2.24, 2.45) is 5.41 Å². The SMILES string of the molecule is CC(C)n1cncc1C(O)C1(C#N)CC2CCC1O2. The van der Waals surface area contributed by atoms with Crippen LogP contribution in [0.5, 0.6) is 0 Å². The molecule has 19 heavy (non-hydrogen) atoms. The van der Waals surface area contributed by atoms with Crippen LogP contribution in [0.15, 0.2) is 12.5 Å². The quantitative estimate of drug-likeness (QED) is 0.902. The number of hydrogen-bond donors (Lipinski definition) is 1. The molecule has 3 rings (SSSR count). The third-order valence-electron chi connectivity index (χ3n) is 4.48. The van der Waals surface area contributed by atoms with Gasteiger partial charge in [-0.3, -0.25) is 0 Å². The molecule has 0 amide bonds. The van der Waals surface area contributed by atoms with Crippen molar-refractivity contribution in [2.75, 3.05) is 0 Å². The van der Waals surface area contributed by atoms with Gasteiger partial charge in [0, 0.05) is 6.04 Å². The number of nitriles is 1. The van der Waals surface area contributed by atoms with E-state index in [1.165, 1.54) is 0 Å². The van der Waals surface area contributed by atoms with Crippen LogP contribution in [0.25, 0.3) is 0 Å². The lowest BCUT2D eigenvalue weighted by atomic mass is 9.70. The second-order valence-corrected chi connectivity index (χ2v) is 5.90. The molecular weight excluding hydrogens is 242 g/mol. The average Bonchev–Trinajstić information content (AvgIpc) is 3.11. The fraction of sp³-hybridized carbons (Fsp3) is 0.714. The molecule has 0 aromatic carbocycles. The van der Waals surface area contributed by atoms with Crippen LogP contribution in [0, 0.1) is 16.7 Å². The van der Waals surface area contributed by atoms with E-state index >= 15 is 0 Å². The third kappa shape index (κ3) is 1.71. The number of rotatable bonds is 3. The Bertz CT molecular complexity index is 519. The molecule has 5 nitrogen and oxygen atoms in total. The van der Waals surface area contributed by atoms with Crippen LogP contribution in [0.2, 0.25) is 0 Å². The van der Waals surface area contributed by atoms with Gasteiger partial charge in [-0.05, 0) is 33.1 Å². The molecule has 2 saturated heterocycles. The highest BCUT2D eigenvalue weighted by molar-refractivity contribution is 5.22. The Labute approximate surface area is 112 Å². The van der Waals surface area contributed by atoms with Gasteiger partial charge in [-0.2, -0.15) is 5.26 Å². The number of aliphatic hydroxyl groups is 1. The summed E-state index contributed by atoms with van der Waals surface area (Å²) in [5.41, 5.74) is -0.0945. The summed E-state index contributed by atoms with van der Waals surface area (Å²) in [5.74, 6) is 0. The molecule has 0 radical (unpaired) electrons. The molecular formula is C14H19N3O2. The Morgan fingerprint density at radius 1 is 1.58 bits per heavy atom. The van der Waals surface area contributed by atoms with Crippen molar-refractivity contribution in [2.45, 2.75) is 57.5 Å². The minimum atomic E-state index is -0.835. The van der Waals surface area contributed by atoms with E-state index < -0.39 is 11.5 Å². The van der Waals surface area contributed by atoms with E-state index in [9.17, 15) is 10.4 Å². The molecule has 0 aliphatic carbocycles. The highest BCUT2D eigenvalue weighted by atomic mass is 16.5. The van der Waals surface area contributed by atoms with Crippen molar-refractivity contribution in [1.82, 2.24) is 9.55 Å². The predicted molar refractivity (Wildman–Crippen MR) is 68.1 cm³/mol. The summed E-state index contributed by atoms with van der Waals surface area (Å²) in [7, 11) is 0. The molecule has 1 N–H and O–H groups in total. The number of ether oxygens (including phenoxy) is 1. The highest BCUT2D eigenvalue weighted by Gasteiger charge is 2.58. The summed E-state index contributed by atoms with van der Waals surface area (Å²) < 4.78 is 7.71. The number of aromatic nitrogens is 2. The topological polar surface area (TPSA) is 71.1 Å². The molecule has 0 saturated carbocycles. The van der Waals surface area contributed by atoms with Crippen LogP contribution in [0.4, 0.5) is 0 Å². The molecule has 2 fully saturated rings. The molecule has 4 unspecified atom stereocenters. The van der Waals surface area contributed by atoms with Gasteiger partial charge in [-0.25, -0.2) is 4.98 Å². The maximum absolute atomic E-state index is 10.7. The zero-order valence-corrected chi connectivity index (χ0v) is 11.3. The van der Waals surface area contributed by atoms with Crippen molar-refractivity contribution in [3.63, 3.8) is 0 Å². The van der Waals surface area contributed by atoms with E-state index in [0.29, 0.717) is 12.1 Å². The molecule has 2 bridgehead atoms. The lowest BCUT2D eigenvalue weighted by Gasteiger charge is -2.33. The largest absolute Gasteiger partial charge is 0.385 e. The Kier molecular flexibility index (Phi) is 2.88. The Hall–Kier alpha value is -1.38. The second kappa shape index (κ2) is 4.32. The second-order valence-electron chi connectivity index (χ2n) is 5.90. The van der Waals surface area contributed by atoms with Gasteiger partial charge in [0.25, 0.3) is 0 Å². The number of fused-ring (bicyclic) bond motifs is 2. The standard InChI is InChI=1S/C14H19N3O2/c1-9(2)17-8-16-6-11(17)13(18)14(7-15)5-10-3-4-12(14)19-10/h6,8-10,12-13,18H,3-5H2,1-2H3. The first-order chi connectivity index (χ1) is 9.08. The van der Waals surface area contributed by atoms with Crippen LogP contribution >= 0.6 is 0 Å². The van der Waals surface area contributed by atoms with Gasteiger partial charge in [0.1, 0.15) is 11.5 Å². The molecule has 0 spiro atoms. The van der Waals surface area contributed by atoms with Crippen LogP contribution in [-0.2, 0) is 4.74 Å². The van der Waals surface area contributed by atoms with Crippen LogP contribution in [0.1, 0.15) is 50.9 Å². The number of nitrogens with zero attached hydrogens (tertiary/aromatic N) is 3. The zero-order chi connectivity index (χ0) is 13.6. The fourth-order valence-electron chi connectivity index (χ4n) is 3.43. The van der Waals surface area contributed by atoms with E-state index in [-0.39, 0.29) is 18.2 Å². The first kappa shape index (κ1) is 12.6. The monoisotopic (exact) mass is 261 g/mol. The van der Waals surface area contributed by atoms with Gasteiger partial charge >= 0.3 is 0 Å². The van der Waals surface area contributed by atoms with E-state index in [2.05, 4.69) is 11.1 Å². The Balaban J connectivity index is 1.97. The van der Waals surface area contributed by atoms with Crippen LogP contribution in [-0.4, -0.2) is 26.9 Å². The minimum Gasteiger partial charge on any atom is -0.385 e. The van der Waals surface area contributed by atoms with E-state index in [0.717, 1.165) is 12.8 Å². The molecule has 3 heterocycles. The first-order valence-electron chi connectivity index (χ1n) is 6.85. The highest BCUT2D eigenvalue weighted by Crippen LogP contribution is 2.53. The van der Waals surface area contributed by atoms with Gasteiger partial charge in [0.2, 0.25) is 0 Å². The maximum atomic E-state index is 10.7. The average molecular weight is 261 g/mol. The lowest BCUT2D eigenvalue weighted by Crippen LogP contribution is -2.38. The molecule has 1 aromatic heterocycles. The molecule has 102 valence electrons. The van der Waals surface area contributed by atoms with Crippen LogP contribution in [0.3, 0.4) is 0 Å². The first-order valence-corrected chi connectivity index (χ1v) is 6.85. The molecule has 2 aliphatic heterocycles. The molecule has 5 heteroatoms. The summed E-state index contributed by atoms with van der Waals surface area (Å²) in [6.45, 7) is 4.07. The van der Waals surface area contributed by atoms with E-state index in [1.807, 2.05) is 18.4 Å². The summed E-state index contributed by atoms with van der Waals surface area (Å²) in [6, 6.07) is 2.56. The van der Waals surface area contributed by atoms with Gasteiger partial charge in [-0.15, -0.1) is 0 Å². The fourth-order valence-corrected chi connectivity index (χ4v) is 3.43. The smallest absolute Gasteiger partial charge is 0.117 e. The van der Waals surface area contributed by atoms with E-state index in [1.54, 1.807) is 12.5 Å². The van der Waals surface area contributed by atoms with Crippen molar-refractivity contribution < 1.29 is 9.84 Å². The lowest BCUT2D eigenvalue weighted by molar-refractivity contribution is -0.000963. The van der Waals surface area contributed by atoms with Crippen molar-refractivity contribution in [1.29, 1.82) is 5.26 Å². The Morgan fingerprint density at radius 3 is 2.89 bits per heavy atom. The van der Waals surface area contributed by atoms with Gasteiger partial charge in [-0.1, -0.05) is 0 Å². The molecule has 1 aromatic rings. The summed E-state index contributed by atoms with van der Waals surface area (Å²) in [5, 5.41) is 20.4. The van der Waals surface area contributed by atoms with Crippen molar-refractivity contribution in [3.8, 4) is 6.07 Å². The maximum Gasteiger partial charge on any atom is 0.117 e. The third-order valence-corrected chi connectivity index (χ3v) is 4.48. The van der Waals surface area contributed by atoms with Gasteiger partial charge in [0.15, 0.2) is 0 Å².